The number of hydrogen-bond acceptors (Lipinski definition) is 3. The minimum Gasteiger partial charge on any atom is -0.354 e. The van der Waals surface area contributed by atoms with Crippen LogP contribution in [0.3, 0.4) is 0 Å². The maximum Gasteiger partial charge on any atom is 0.222 e. The van der Waals surface area contributed by atoms with Crippen LogP contribution in [0.25, 0.3) is 0 Å². The molecule has 1 aliphatic rings. The molecule has 1 saturated carbocycles. The van der Waals surface area contributed by atoms with Gasteiger partial charge in [-0.25, -0.2) is 9.97 Å². The zero-order chi connectivity index (χ0) is 10.0. The lowest BCUT2D eigenvalue weighted by molar-refractivity contribution is 0.535. The lowest BCUT2D eigenvalue weighted by Gasteiger charge is -2.08. The average Bonchev–Trinajstić information content (AvgIpc) is 2.88. The van der Waals surface area contributed by atoms with Crippen LogP contribution in [0.5, 0.6) is 0 Å². The molecule has 0 saturated heterocycles. The van der Waals surface area contributed by atoms with E-state index in [0.29, 0.717) is 16.4 Å². The van der Waals surface area contributed by atoms with Crippen LogP contribution >= 0.6 is 11.6 Å². The summed E-state index contributed by atoms with van der Waals surface area (Å²) in [5.74, 6) is 0.665. The molecule has 1 heterocycles. The molecule has 0 amide bonds. The Balaban J connectivity index is 1.77. The molecular weight excluding hydrogens is 198 g/mol. The Hall–Kier alpha value is -0.830. The second kappa shape index (κ2) is 3.73. The minimum absolute atomic E-state index is 0.574. The van der Waals surface area contributed by atoms with Gasteiger partial charge >= 0.3 is 0 Å². The van der Waals surface area contributed by atoms with Gasteiger partial charge in [-0.2, -0.15) is 0 Å². The summed E-state index contributed by atoms with van der Waals surface area (Å²) in [6, 6.07) is 0. The quantitative estimate of drug-likeness (QED) is 0.832. The van der Waals surface area contributed by atoms with Crippen molar-refractivity contribution in [1.82, 2.24) is 9.97 Å². The van der Waals surface area contributed by atoms with E-state index >= 15 is 0 Å². The maximum atomic E-state index is 5.68. The summed E-state index contributed by atoms with van der Waals surface area (Å²) in [6.07, 6.45) is 7.12. The molecule has 4 heteroatoms. The van der Waals surface area contributed by atoms with Gasteiger partial charge in [-0.3, -0.25) is 0 Å². The van der Waals surface area contributed by atoms with Crippen LogP contribution in [0.4, 0.5) is 5.95 Å². The summed E-state index contributed by atoms with van der Waals surface area (Å²) in [7, 11) is 0. The molecule has 0 spiro atoms. The second-order valence-electron chi connectivity index (χ2n) is 4.21. The molecule has 76 valence electrons. The van der Waals surface area contributed by atoms with Crippen molar-refractivity contribution in [2.75, 3.05) is 11.9 Å². The summed E-state index contributed by atoms with van der Waals surface area (Å²) in [4.78, 5) is 8.13. The van der Waals surface area contributed by atoms with Gasteiger partial charge in [0.1, 0.15) is 0 Å². The van der Waals surface area contributed by atoms with Crippen LogP contribution in [0, 0.1) is 5.41 Å². The molecule has 14 heavy (non-hydrogen) atoms. The minimum atomic E-state index is 0.574. The van der Waals surface area contributed by atoms with E-state index in [1.165, 1.54) is 19.3 Å². The Morgan fingerprint density at radius 2 is 2.07 bits per heavy atom. The van der Waals surface area contributed by atoms with E-state index in [1.807, 2.05) is 0 Å². The van der Waals surface area contributed by atoms with Gasteiger partial charge in [0.05, 0.1) is 17.4 Å². The molecule has 0 aliphatic heterocycles. The number of nitrogens with one attached hydrogen (secondary N) is 1. The van der Waals surface area contributed by atoms with Crippen LogP contribution in [0.2, 0.25) is 5.02 Å². The largest absolute Gasteiger partial charge is 0.354 e. The van der Waals surface area contributed by atoms with Crippen LogP contribution in [0.15, 0.2) is 12.4 Å². The first-order valence-electron chi connectivity index (χ1n) is 4.89. The lowest BCUT2D eigenvalue weighted by Crippen LogP contribution is -2.09. The van der Waals surface area contributed by atoms with Crippen molar-refractivity contribution in [3.63, 3.8) is 0 Å². The van der Waals surface area contributed by atoms with E-state index in [2.05, 4.69) is 22.2 Å². The maximum absolute atomic E-state index is 5.68. The summed E-state index contributed by atoms with van der Waals surface area (Å²) in [5.41, 5.74) is 0.583. The Bertz CT molecular complexity index is 306. The first-order valence-corrected chi connectivity index (χ1v) is 5.27. The SMILES string of the molecule is CC1(CCNc2ncc(Cl)cn2)CC1. The van der Waals surface area contributed by atoms with Crippen LogP contribution in [-0.2, 0) is 0 Å². The number of nitrogens with zero attached hydrogens (tertiary/aromatic N) is 2. The highest BCUT2D eigenvalue weighted by Gasteiger charge is 2.36. The van der Waals surface area contributed by atoms with E-state index in [9.17, 15) is 0 Å². The molecule has 0 radical (unpaired) electrons. The molecule has 0 aromatic carbocycles. The molecule has 3 nitrogen and oxygen atoms in total. The molecule has 0 bridgehead atoms. The number of halogens is 1. The van der Waals surface area contributed by atoms with Crippen molar-refractivity contribution in [2.24, 2.45) is 5.41 Å². The number of anilines is 1. The Morgan fingerprint density at radius 1 is 1.43 bits per heavy atom. The number of aromatic nitrogens is 2. The van der Waals surface area contributed by atoms with Gasteiger partial charge in [0.15, 0.2) is 0 Å². The van der Waals surface area contributed by atoms with Crippen LogP contribution in [0.1, 0.15) is 26.2 Å². The summed E-state index contributed by atoms with van der Waals surface area (Å²) < 4.78 is 0. The average molecular weight is 212 g/mol. The Morgan fingerprint density at radius 3 is 2.64 bits per heavy atom. The highest BCUT2D eigenvalue weighted by atomic mass is 35.5. The van der Waals surface area contributed by atoms with Crippen molar-refractivity contribution in [1.29, 1.82) is 0 Å². The van der Waals surface area contributed by atoms with Gasteiger partial charge in [-0.15, -0.1) is 0 Å². The van der Waals surface area contributed by atoms with Crippen molar-refractivity contribution in [3.05, 3.63) is 17.4 Å². The molecule has 1 aromatic heterocycles. The molecule has 1 N–H and O–H groups in total. The van der Waals surface area contributed by atoms with E-state index < -0.39 is 0 Å². The zero-order valence-electron chi connectivity index (χ0n) is 8.26. The van der Waals surface area contributed by atoms with Crippen molar-refractivity contribution < 1.29 is 0 Å². The topological polar surface area (TPSA) is 37.8 Å². The fraction of sp³-hybridized carbons (Fsp3) is 0.600. The summed E-state index contributed by atoms with van der Waals surface area (Å²) >= 11 is 5.68. The van der Waals surface area contributed by atoms with Gasteiger partial charge in [-0.05, 0) is 24.7 Å². The molecule has 2 rings (SSSR count). The third kappa shape index (κ3) is 2.58. The summed E-state index contributed by atoms with van der Waals surface area (Å²) in [6.45, 7) is 3.26. The monoisotopic (exact) mass is 211 g/mol. The first kappa shape index (κ1) is 9.71. The Kier molecular flexibility index (Phi) is 2.59. The van der Waals surface area contributed by atoms with Crippen molar-refractivity contribution >= 4 is 17.5 Å². The standard InChI is InChI=1S/C10H14ClN3/c1-10(2-3-10)4-5-12-9-13-6-8(11)7-14-9/h6-7H,2-5H2,1H3,(H,12,13,14). The zero-order valence-corrected chi connectivity index (χ0v) is 9.01. The van der Waals surface area contributed by atoms with E-state index in [-0.39, 0.29) is 0 Å². The first-order chi connectivity index (χ1) is 6.68. The van der Waals surface area contributed by atoms with Gasteiger partial charge in [0, 0.05) is 6.54 Å². The van der Waals surface area contributed by atoms with Crippen molar-refractivity contribution in [3.8, 4) is 0 Å². The summed E-state index contributed by atoms with van der Waals surface area (Å²) in [5, 5.41) is 3.76. The molecular formula is C10H14ClN3. The fourth-order valence-electron chi connectivity index (χ4n) is 1.34. The molecule has 1 aliphatic carbocycles. The van der Waals surface area contributed by atoms with Gasteiger partial charge in [0.25, 0.3) is 0 Å². The highest BCUT2D eigenvalue weighted by Crippen LogP contribution is 2.47. The molecule has 0 atom stereocenters. The molecule has 1 fully saturated rings. The lowest BCUT2D eigenvalue weighted by atomic mass is 10.1. The van der Waals surface area contributed by atoms with Gasteiger partial charge in [0.2, 0.25) is 5.95 Å². The Labute approximate surface area is 88.9 Å². The van der Waals surface area contributed by atoms with Crippen molar-refractivity contribution in [2.45, 2.75) is 26.2 Å². The normalized spacial score (nSPS) is 17.9. The second-order valence-corrected chi connectivity index (χ2v) is 4.65. The van der Waals surface area contributed by atoms with Crippen LogP contribution < -0.4 is 5.32 Å². The molecule has 0 unspecified atom stereocenters. The third-order valence-corrected chi connectivity index (χ3v) is 2.93. The van der Waals surface area contributed by atoms with E-state index in [0.717, 1.165) is 6.54 Å². The van der Waals surface area contributed by atoms with Gasteiger partial charge < -0.3 is 5.32 Å². The predicted octanol–water partition coefficient (Wildman–Crippen LogP) is 2.73. The smallest absolute Gasteiger partial charge is 0.222 e. The van der Waals surface area contributed by atoms with E-state index in [1.54, 1.807) is 12.4 Å². The van der Waals surface area contributed by atoms with Crippen LogP contribution in [-0.4, -0.2) is 16.5 Å². The van der Waals surface area contributed by atoms with E-state index in [4.69, 9.17) is 11.6 Å². The number of hydrogen-bond donors (Lipinski definition) is 1. The third-order valence-electron chi connectivity index (χ3n) is 2.74. The number of rotatable bonds is 4. The highest BCUT2D eigenvalue weighted by molar-refractivity contribution is 6.30. The predicted molar refractivity (Wildman–Crippen MR) is 57.5 cm³/mol. The molecule has 1 aromatic rings. The van der Waals surface area contributed by atoms with Gasteiger partial charge in [-0.1, -0.05) is 18.5 Å². The fourth-order valence-corrected chi connectivity index (χ4v) is 1.44.